The van der Waals surface area contributed by atoms with Crippen LogP contribution in [0.5, 0.6) is 0 Å². The van der Waals surface area contributed by atoms with Crippen molar-refractivity contribution in [1.82, 2.24) is 19.3 Å². The van der Waals surface area contributed by atoms with Gasteiger partial charge in [0, 0.05) is 35.9 Å². The molecule has 1 N–H and O–H groups in total. The van der Waals surface area contributed by atoms with Crippen molar-refractivity contribution in [3.63, 3.8) is 0 Å². The van der Waals surface area contributed by atoms with Crippen molar-refractivity contribution in [2.24, 2.45) is 7.05 Å². The zero-order chi connectivity index (χ0) is 22.3. The van der Waals surface area contributed by atoms with Crippen molar-refractivity contribution < 1.29 is 4.79 Å². The molecule has 0 aliphatic carbocycles. The van der Waals surface area contributed by atoms with E-state index in [2.05, 4.69) is 48.3 Å². The molecule has 0 saturated heterocycles. The fourth-order valence-electron chi connectivity index (χ4n) is 3.44. The maximum Gasteiger partial charge on any atom is 0.258 e. The molecule has 1 aromatic carbocycles. The second-order valence-corrected chi connectivity index (χ2v) is 8.83. The number of rotatable bonds is 4. The van der Waals surface area contributed by atoms with E-state index in [1.54, 1.807) is 24.1 Å². The van der Waals surface area contributed by atoms with Gasteiger partial charge in [-0.3, -0.25) is 24.2 Å². The Morgan fingerprint density at radius 2 is 1.77 bits per heavy atom. The normalized spacial score (nSPS) is 11.0. The molecular formula is C23H23N5O2S. The first-order valence-electron chi connectivity index (χ1n) is 9.81. The van der Waals surface area contributed by atoms with Gasteiger partial charge >= 0.3 is 0 Å². The summed E-state index contributed by atoms with van der Waals surface area (Å²) in [4.78, 5) is 30.8. The largest absolute Gasteiger partial charge is 0.298 e. The fraction of sp³-hybridized carbons (Fsp3) is 0.217. The maximum atomic E-state index is 12.9. The topological polar surface area (TPSA) is 81.8 Å². The van der Waals surface area contributed by atoms with Crippen LogP contribution < -0.4 is 10.9 Å². The number of hydrogen-bond donors (Lipinski definition) is 1. The Bertz CT molecular complexity index is 1360. The van der Waals surface area contributed by atoms with Gasteiger partial charge in [-0.1, -0.05) is 6.07 Å². The lowest BCUT2D eigenvalue weighted by Crippen LogP contribution is -2.20. The predicted molar refractivity (Wildman–Crippen MR) is 123 cm³/mol. The summed E-state index contributed by atoms with van der Waals surface area (Å²) < 4.78 is 3.00. The van der Waals surface area contributed by atoms with Crippen LogP contribution >= 0.6 is 11.3 Å². The molecule has 3 aromatic heterocycles. The number of aromatic nitrogens is 4. The number of anilines is 1. The van der Waals surface area contributed by atoms with Crippen LogP contribution in [0.2, 0.25) is 0 Å². The molecule has 31 heavy (non-hydrogen) atoms. The summed E-state index contributed by atoms with van der Waals surface area (Å²) in [6, 6.07) is 7.18. The molecule has 0 saturated carbocycles. The Morgan fingerprint density at radius 3 is 2.48 bits per heavy atom. The number of hydrogen-bond acceptors (Lipinski definition) is 5. The molecule has 4 aromatic rings. The van der Waals surface area contributed by atoms with Gasteiger partial charge in [-0.25, -0.2) is 4.98 Å². The van der Waals surface area contributed by atoms with E-state index in [0.29, 0.717) is 16.4 Å². The van der Waals surface area contributed by atoms with Crippen LogP contribution in [-0.4, -0.2) is 25.2 Å². The third-order valence-electron chi connectivity index (χ3n) is 5.26. The SMILES string of the molecule is Cc1cc(C)c(-c2nc(NC(=O)c3ccc(=O)n(-c4cnn(C)c4)c3)sc2C)cc1C. The lowest BCUT2D eigenvalue weighted by molar-refractivity contribution is 0.102. The monoisotopic (exact) mass is 433 g/mol. The summed E-state index contributed by atoms with van der Waals surface area (Å²) in [7, 11) is 1.77. The molecule has 0 radical (unpaired) electrons. The molecule has 7 nitrogen and oxygen atoms in total. The average molecular weight is 434 g/mol. The Kier molecular flexibility index (Phi) is 5.32. The van der Waals surface area contributed by atoms with E-state index in [1.165, 1.54) is 45.4 Å². The Hall–Kier alpha value is -3.52. The molecule has 0 spiro atoms. The molecule has 0 unspecified atom stereocenters. The van der Waals surface area contributed by atoms with Gasteiger partial charge in [0.1, 0.15) is 0 Å². The summed E-state index contributed by atoms with van der Waals surface area (Å²) in [5.74, 6) is -0.324. The summed E-state index contributed by atoms with van der Waals surface area (Å²) in [5.41, 5.74) is 6.27. The fourth-order valence-corrected chi connectivity index (χ4v) is 4.26. The molecule has 0 aliphatic rings. The molecule has 3 heterocycles. The van der Waals surface area contributed by atoms with Gasteiger partial charge in [0.2, 0.25) is 0 Å². The minimum absolute atomic E-state index is 0.234. The lowest BCUT2D eigenvalue weighted by Gasteiger charge is -2.08. The van der Waals surface area contributed by atoms with Crippen LogP contribution in [-0.2, 0) is 7.05 Å². The summed E-state index contributed by atoms with van der Waals surface area (Å²) in [6.07, 6.45) is 4.81. The van der Waals surface area contributed by atoms with Crippen molar-refractivity contribution in [1.29, 1.82) is 0 Å². The molecule has 4 rings (SSSR count). The Balaban J connectivity index is 1.63. The van der Waals surface area contributed by atoms with Gasteiger partial charge in [-0.05, 0) is 56.5 Å². The number of aryl methyl sites for hydroxylation is 5. The van der Waals surface area contributed by atoms with E-state index in [1.807, 2.05) is 6.92 Å². The van der Waals surface area contributed by atoms with Crippen molar-refractivity contribution >= 4 is 22.4 Å². The molecule has 0 bridgehead atoms. The third-order valence-corrected chi connectivity index (χ3v) is 6.14. The number of amides is 1. The standard InChI is InChI=1S/C23H23N5O2S/c1-13-8-15(3)19(9-14(13)2)21-16(4)31-23(25-21)26-22(30)17-6-7-20(29)28(11-17)18-10-24-27(5)12-18/h6-12H,1-5H3,(H,25,26,30). The van der Waals surface area contributed by atoms with Gasteiger partial charge < -0.3 is 0 Å². The number of carbonyl (C=O) groups is 1. The van der Waals surface area contributed by atoms with E-state index in [4.69, 9.17) is 0 Å². The van der Waals surface area contributed by atoms with Crippen molar-refractivity contribution in [2.45, 2.75) is 27.7 Å². The van der Waals surface area contributed by atoms with Crippen LogP contribution in [0.15, 0.2) is 47.7 Å². The Labute approximate surface area is 184 Å². The molecular weight excluding hydrogens is 410 g/mol. The van der Waals surface area contributed by atoms with Crippen LogP contribution in [0.25, 0.3) is 16.9 Å². The van der Waals surface area contributed by atoms with Gasteiger partial charge in [0.05, 0.1) is 23.1 Å². The lowest BCUT2D eigenvalue weighted by atomic mass is 9.98. The summed E-state index contributed by atoms with van der Waals surface area (Å²) in [5, 5.41) is 7.48. The van der Waals surface area contributed by atoms with E-state index >= 15 is 0 Å². The minimum Gasteiger partial charge on any atom is -0.298 e. The smallest absolute Gasteiger partial charge is 0.258 e. The van der Waals surface area contributed by atoms with E-state index in [9.17, 15) is 9.59 Å². The number of pyridine rings is 1. The zero-order valence-corrected chi connectivity index (χ0v) is 18.9. The molecule has 8 heteroatoms. The van der Waals surface area contributed by atoms with Crippen molar-refractivity contribution in [3.05, 3.63) is 80.3 Å². The zero-order valence-electron chi connectivity index (χ0n) is 18.1. The molecule has 158 valence electrons. The first-order valence-corrected chi connectivity index (χ1v) is 10.6. The number of nitrogens with one attached hydrogen (secondary N) is 1. The van der Waals surface area contributed by atoms with Gasteiger partial charge in [0.15, 0.2) is 5.13 Å². The quantitative estimate of drug-likeness (QED) is 0.523. The van der Waals surface area contributed by atoms with Gasteiger partial charge in [-0.15, -0.1) is 11.3 Å². The van der Waals surface area contributed by atoms with Crippen molar-refractivity contribution in [2.75, 3.05) is 5.32 Å². The number of thiazole rings is 1. The maximum absolute atomic E-state index is 12.9. The molecule has 0 atom stereocenters. The predicted octanol–water partition coefficient (Wildman–Crippen LogP) is 4.18. The van der Waals surface area contributed by atoms with Crippen LogP contribution in [0.1, 0.15) is 31.9 Å². The van der Waals surface area contributed by atoms with Gasteiger partial charge in [-0.2, -0.15) is 5.10 Å². The number of nitrogens with zero attached hydrogens (tertiary/aromatic N) is 4. The second-order valence-electron chi connectivity index (χ2n) is 7.63. The van der Waals surface area contributed by atoms with E-state index in [0.717, 1.165) is 21.7 Å². The summed E-state index contributed by atoms with van der Waals surface area (Å²) in [6.45, 7) is 8.25. The molecule has 0 fully saturated rings. The highest BCUT2D eigenvalue weighted by atomic mass is 32.1. The highest BCUT2D eigenvalue weighted by Crippen LogP contribution is 2.33. The second kappa shape index (κ2) is 7.96. The highest BCUT2D eigenvalue weighted by molar-refractivity contribution is 7.16. The molecule has 0 aliphatic heterocycles. The Morgan fingerprint density at radius 1 is 1.03 bits per heavy atom. The van der Waals surface area contributed by atoms with E-state index < -0.39 is 0 Å². The number of benzene rings is 1. The van der Waals surface area contributed by atoms with Crippen LogP contribution in [0.3, 0.4) is 0 Å². The first-order chi connectivity index (χ1) is 14.7. The highest BCUT2D eigenvalue weighted by Gasteiger charge is 2.16. The summed E-state index contributed by atoms with van der Waals surface area (Å²) >= 11 is 1.43. The van der Waals surface area contributed by atoms with Crippen LogP contribution in [0, 0.1) is 27.7 Å². The van der Waals surface area contributed by atoms with E-state index in [-0.39, 0.29) is 11.5 Å². The minimum atomic E-state index is -0.324. The first kappa shape index (κ1) is 20.7. The van der Waals surface area contributed by atoms with Gasteiger partial charge in [0.25, 0.3) is 11.5 Å². The average Bonchev–Trinajstić information content (AvgIpc) is 3.30. The third kappa shape index (κ3) is 4.06. The van der Waals surface area contributed by atoms with Crippen molar-refractivity contribution in [3.8, 4) is 16.9 Å². The number of carbonyl (C=O) groups excluding carboxylic acids is 1. The van der Waals surface area contributed by atoms with Crippen LogP contribution in [0.4, 0.5) is 5.13 Å². The molecule has 1 amide bonds.